The molecule has 0 aromatic rings. The second kappa shape index (κ2) is 9.29. The van der Waals surface area contributed by atoms with Gasteiger partial charge in [-0.15, -0.1) is 0 Å². The summed E-state index contributed by atoms with van der Waals surface area (Å²) in [6.07, 6.45) is 5.85. The molecule has 4 rings (SSSR count). The van der Waals surface area contributed by atoms with Gasteiger partial charge in [-0.05, 0) is 81.0 Å². The van der Waals surface area contributed by atoms with E-state index in [9.17, 15) is 28.5 Å². The van der Waals surface area contributed by atoms with Crippen molar-refractivity contribution in [2.45, 2.75) is 95.6 Å². The van der Waals surface area contributed by atoms with Crippen molar-refractivity contribution in [3.63, 3.8) is 0 Å². The van der Waals surface area contributed by atoms with Gasteiger partial charge >= 0.3 is 6.18 Å². The van der Waals surface area contributed by atoms with Crippen LogP contribution in [0.3, 0.4) is 0 Å². The highest BCUT2D eigenvalue weighted by Crippen LogP contribution is 2.59. The Morgan fingerprint density at radius 3 is 2.45 bits per heavy atom. The minimum atomic E-state index is -4.57. The van der Waals surface area contributed by atoms with Gasteiger partial charge in [-0.3, -0.25) is 4.90 Å². The van der Waals surface area contributed by atoms with E-state index in [-0.39, 0.29) is 24.3 Å². The van der Waals surface area contributed by atoms with Crippen LogP contribution in [-0.4, -0.2) is 63.8 Å². The smallest absolute Gasteiger partial charge is 0.393 e. The van der Waals surface area contributed by atoms with Gasteiger partial charge in [0, 0.05) is 19.6 Å². The van der Waals surface area contributed by atoms with Gasteiger partial charge in [-0.1, -0.05) is 37.1 Å². The highest BCUT2D eigenvalue weighted by molar-refractivity contribution is 5.26. The molecule has 4 nitrogen and oxygen atoms in total. The number of hydrogen-bond acceptors (Lipinski definition) is 4. The van der Waals surface area contributed by atoms with Gasteiger partial charge in [0.1, 0.15) is 0 Å². The molecule has 0 aromatic carbocycles. The minimum absolute atomic E-state index is 0.146. The summed E-state index contributed by atoms with van der Waals surface area (Å²) in [5.41, 5.74) is 0.139. The first-order valence-corrected chi connectivity index (χ1v) is 12.7. The fourth-order valence-corrected chi connectivity index (χ4v) is 7.54. The number of hydrogen-bond donors (Lipinski definition) is 3. The van der Waals surface area contributed by atoms with Crippen molar-refractivity contribution >= 4 is 0 Å². The Kier molecular flexibility index (Phi) is 7.09. The molecule has 0 spiro atoms. The molecule has 1 saturated heterocycles. The van der Waals surface area contributed by atoms with Crippen molar-refractivity contribution in [3.8, 4) is 0 Å². The maximum Gasteiger partial charge on any atom is 0.418 e. The van der Waals surface area contributed by atoms with Crippen LogP contribution in [0.4, 0.5) is 13.2 Å². The van der Waals surface area contributed by atoms with Crippen LogP contribution in [0.2, 0.25) is 0 Å². The van der Waals surface area contributed by atoms with E-state index in [2.05, 4.69) is 26.0 Å². The number of likely N-dealkylation sites (tertiary alicyclic amines) is 1. The molecular formula is C26H40F3NO3. The number of fused-ring (bicyclic) bond motifs is 1. The van der Waals surface area contributed by atoms with Crippen molar-refractivity contribution in [1.82, 2.24) is 4.90 Å². The molecule has 0 bridgehead atoms. The molecule has 3 N–H and O–H groups in total. The fraction of sp³-hybridized carbons (Fsp3) is 0.846. The van der Waals surface area contributed by atoms with Gasteiger partial charge < -0.3 is 15.3 Å². The Morgan fingerprint density at radius 1 is 1.12 bits per heavy atom. The van der Waals surface area contributed by atoms with Crippen molar-refractivity contribution in [1.29, 1.82) is 0 Å². The van der Waals surface area contributed by atoms with Gasteiger partial charge in [0.25, 0.3) is 0 Å². The van der Waals surface area contributed by atoms with Crippen LogP contribution >= 0.6 is 0 Å². The molecule has 4 aliphatic rings. The molecule has 0 amide bonds. The van der Waals surface area contributed by atoms with E-state index in [0.29, 0.717) is 44.2 Å². The second-order valence-corrected chi connectivity index (χ2v) is 11.6. The van der Waals surface area contributed by atoms with Crippen LogP contribution in [0.1, 0.15) is 71.6 Å². The van der Waals surface area contributed by atoms with Crippen molar-refractivity contribution in [3.05, 3.63) is 23.3 Å². The summed E-state index contributed by atoms with van der Waals surface area (Å²) in [6, 6.07) is 0. The molecule has 1 heterocycles. The van der Waals surface area contributed by atoms with Crippen LogP contribution in [-0.2, 0) is 0 Å². The highest BCUT2D eigenvalue weighted by Gasteiger charge is 2.57. The van der Waals surface area contributed by atoms with Gasteiger partial charge in [0.15, 0.2) is 5.60 Å². The van der Waals surface area contributed by atoms with Gasteiger partial charge in [-0.2, -0.15) is 13.2 Å². The van der Waals surface area contributed by atoms with E-state index < -0.39 is 24.0 Å². The Hall–Kier alpha value is -0.890. The minimum Gasteiger partial charge on any atom is -0.393 e. The Labute approximate surface area is 195 Å². The number of β-amino-alcohol motifs (C(OH)–C–C–N with tert-alkyl or cyclic N) is 1. The van der Waals surface area contributed by atoms with Gasteiger partial charge in [0.05, 0.1) is 12.2 Å². The van der Waals surface area contributed by atoms with E-state index in [0.717, 1.165) is 37.7 Å². The summed E-state index contributed by atoms with van der Waals surface area (Å²) in [5.74, 6) is 1.22. The van der Waals surface area contributed by atoms with Crippen molar-refractivity contribution < 1.29 is 28.5 Å². The van der Waals surface area contributed by atoms with Crippen molar-refractivity contribution in [2.24, 2.45) is 23.2 Å². The molecule has 188 valence electrons. The van der Waals surface area contributed by atoms with E-state index in [1.54, 1.807) is 4.90 Å². The third kappa shape index (κ3) is 5.07. The standard InChI is InChI=1S/C26H40F3NO3/c1-17(15-30-11-10-25(33,16-30)26(27,28)29)22-7-8-23-19(4-3-9-24(22,23)2)6-5-18-12-20(31)14-21(32)13-18/h5-6,17,20-23,31-33H,3-4,7-16H2,1-2H3/t17-,20-,21-,22-,23+,24-,25?/m1/s1. The average Bonchev–Trinajstić information content (AvgIpc) is 3.26. The quantitative estimate of drug-likeness (QED) is 0.561. The SMILES string of the molecule is C[C@H](CN1CCC(O)(C(F)(F)F)C1)[C@H]1CC[C@H]2C(=CC=C3C[C@@H](O)C[C@H](O)C3)CCC[C@]12C. The lowest BCUT2D eigenvalue weighted by atomic mass is 9.61. The van der Waals surface area contributed by atoms with E-state index in [1.165, 1.54) is 5.57 Å². The van der Waals surface area contributed by atoms with Crippen LogP contribution in [0, 0.1) is 23.2 Å². The average molecular weight is 472 g/mol. The first-order chi connectivity index (χ1) is 15.4. The van der Waals surface area contributed by atoms with E-state index in [1.807, 2.05) is 0 Å². The van der Waals surface area contributed by atoms with E-state index >= 15 is 0 Å². The first-order valence-electron chi connectivity index (χ1n) is 12.7. The van der Waals surface area contributed by atoms with Crippen LogP contribution in [0.25, 0.3) is 0 Å². The molecule has 7 atom stereocenters. The lowest BCUT2D eigenvalue weighted by Crippen LogP contribution is -2.48. The maximum atomic E-state index is 13.2. The topological polar surface area (TPSA) is 63.9 Å². The maximum absolute atomic E-state index is 13.2. The number of alkyl halides is 3. The van der Waals surface area contributed by atoms with Crippen LogP contribution in [0.5, 0.6) is 0 Å². The summed E-state index contributed by atoms with van der Waals surface area (Å²) in [6.45, 7) is 5.13. The molecule has 4 fully saturated rings. The highest BCUT2D eigenvalue weighted by atomic mass is 19.4. The third-order valence-electron chi connectivity index (χ3n) is 9.20. The van der Waals surface area contributed by atoms with Gasteiger partial charge in [0.2, 0.25) is 0 Å². The summed E-state index contributed by atoms with van der Waals surface area (Å²) >= 11 is 0. The van der Waals surface area contributed by atoms with E-state index in [4.69, 9.17) is 0 Å². The molecule has 3 saturated carbocycles. The number of halogens is 3. The fourth-order valence-electron chi connectivity index (χ4n) is 7.54. The number of aliphatic hydroxyl groups is 3. The lowest BCUT2D eigenvalue weighted by Gasteiger charge is -2.45. The first kappa shape index (κ1) is 25.2. The number of nitrogens with zero attached hydrogens (tertiary/aromatic N) is 1. The summed E-state index contributed by atoms with van der Waals surface area (Å²) in [5, 5.41) is 30.0. The molecule has 1 unspecified atom stereocenters. The van der Waals surface area contributed by atoms with Crippen LogP contribution in [0.15, 0.2) is 23.3 Å². The Morgan fingerprint density at radius 2 is 1.82 bits per heavy atom. The zero-order valence-electron chi connectivity index (χ0n) is 19.9. The predicted molar refractivity (Wildman–Crippen MR) is 121 cm³/mol. The normalized spacial score (nSPS) is 42.5. The largest absolute Gasteiger partial charge is 0.418 e. The molecule has 0 radical (unpaired) electrons. The molecule has 7 heteroatoms. The molecule has 33 heavy (non-hydrogen) atoms. The zero-order valence-corrected chi connectivity index (χ0v) is 19.9. The Bertz CT molecular complexity index is 769. The monoisotopic (exact) mass is 471 g/mol. The third-order valence-corrected chi connectivity index (χ3v) is 9.20. The van der Waals surface area contributed by atoms with Crippen LogP contribution < -0.4 is 0 Å². The predicted octanol–water partition coefficient (Wildman–Crippen LogP) is 4.60. The number of rotatable bonds is 4. The molecular weight excluding hydrogens is 431 g/mol. The number of aliphatic hydroxyl groups excluding tert-OH is 2. The van der Waals surface area contributed by atoms with Gasteiger partial charge in [-0.25, -0.2) is 0 Å². The lowest BCUT2D eigenvalue weighted by molar-refractivity contribution is -0.254. The molecule has 1 aliphatic heterocycles. The molecule has 0 aromatic heterocycles. The number of allylic oxidation sites excluding steroid dienone is 3. The Balaban J connectivity index is 1.42. The van der Waals surface area contributed by atoms with Crippen molar-refractivity contribution in [2.75, 3.05) is 19.6 Å². The second-order valence-electron chi connectivity index (χ2n) is 11.6. The summed E-state index contributed by atoms with van der Waals surface area (Å²) in [4.78, 5) is 1.80. The summed E-state index contributed by atoms with van der Waals surface area (Å²) in [7, 11) is 0. The zero-order chi connectivity index (χ0) is 24.0. The summed E-state index contributed by atoms with van der Waals surface area (Å²) < 4.78 is 39.6. The molecule has 3 aliphatic carbocycles.